The van der Waals surface area contributed by atoms with Gasteiger partial charge in [-0.2, -0.15) is 0 Å². The van der Waals surface area contributed by atoms with Crippen molar-refractivity contribution in [3.8, 4) is 0 Å². The smallest absolute Gasteiger partial charge is 0.307 e. The summed E-state index contributed by atoms with van der Waals surface area (Å²) in [6, 6.07) is 6.51. The first-order valence-electron chi connectivity index (χ1n) is 11.0. The zero-order chi connectivity index (χ0) is 21.5. The number of sulfonamides is 1. The average Bonchev–Trinajstić information content (AvgIpc) is 2.66. The molecule has 1 aromatic carbocycles. The van der Waals surface area contributed by atoms with Crippen molar-refractivity contribution in [2.45, 2.75) is 69.8 Å². The summed E-state index contributed by atoms with van der Waals surface area (Å²) in [5.74, 6) is 1.47. The average molecular weight is 434 g/mol. The number of hydrogen-bond donors (Lipinski definition) is 1. The molecule has 4 aliphatic carbocycles. The van der Waals surface area contributed by atoms with Gasteiger partial charge in [-0.1, -0.05) is 17.7 Å². The second-order valence-electron chi connectivity index (χ2n) is 9.66. The SMILES string of the molecule is Cc1ccc(S(=O)(=O)NCCC(=O)OC(C)C(=O)C23CC4CC(CC(C4)C2)C3)cc1. The first-order valence-corrected chi connectivity index (χ1v) is 12.5. The lowest BCUT2D eigenvalue weighted by Crippen LogP contribution is -2.52. The van der Waals surface area contributed by atoms with Gasteiger partial charge in [-0.25, -0.2) is 13.1 Å². The maximum absolute atomic E-state index is 13.2. The van der Waals surface area contributed by atoms with Crippen LogP contribution in [0, 0.1) is 30.1 Å². The highest BCUT2D eigenvalue weighted by Gasteiger charge is 2.55. The lowest BCUT2D eigenvalue weighted by atomic mass is 9.48. The molecule has 4 aliphatic rings. The predicted octanol–water partition coefficient (Wildman–Crippen LogP) is 3.38. The Morgan fingerprint density at radius 3 is 2.13 bits per heavy atom. The fourth-order valence-electron chi connectivity index (χ4n) is 6.24. The molecule has 4 fully saturated rings. The van der Waals surface area contributed by atoms with Gasteiger partial charge in [-0.15, -0.1) is 0 Å². The predicted molar refractivity (Wildman–Crippen MR) is 112 cm³/mol. The van der Waals surface area contributed by atoms with E-state index in [1.807, 2.05) is 6.92 Å². The number of ether oxygens (including phenoxy) is 1. The van der Waals surface area contributed by atoms with Gasteiger partial charge in [0.25, 0.3) is 0 Å². The Bertz CT molecular complexity index is 886. The van der Waals surface area contributed by atoms with Crippen molar-refractivity contribution in [3.05, 3.63) is 29.8 Å². The standard InChI is InChI=1S/C23H31NO5S/c1-15-3-5-20(6-4-15)30(27,28)24-8-7-21(25)29-16(2)22(26)23-12-17-9-18(13-23)11-19(10-17)14-23/h3-6,16-19,24H,7-14H2,1-2H3. The summed E-state index contributed by atoms with van der Waals surface area (Å²) in [6.07, 6.45) is 5.69. The number of carbonyl (C=O) groups excluding carboxylic acids is 2. The minimum atomic E-state index is -3.67. The van der Waals surface area contributed by atoms with E-state index in [1.165, 1.54) is 31.4 Å². The number of esters is 1. The van der Waals surface area contributed by atoms with E-state index in [0.29, 0.717) is 17.8 Å². The molecule has 5 rings (SSSR count). The Kier molecular flexibility index (Phi) is 5.79. The van der Waals surface area contributed by atoms with Crippen molar-refractivity contribution >= 4 is 21.8 Å². The minimum absolute atomic E-state index is 0.0622. The van der Waals surface area contributed by atoms with E-state index in [9.17, 15) is 18.0 Å². The third-order valence-corrected chi connectivity index (χ3v) is 8.67. The van der Waals surface area contributed by atoms with E-state index < -0.39 is 22.1 Å². The van der Waals surface area contributed by atoms with Crippen molar-refractivity contribution in [1.29, 1.82) is 0 Å². The molecule has 0 radical (unpaired) electrons. The maximum atomic E-state index is 13.2. The second kappa shape index (κ2) is 8.08. The highest BCUT2D eigenvalue weighted by Crippen LogP contribution is 2.60. The van der Waals surface area contributed by atoms with Crippen molar-refractivity contribution < 1.29 is 22.7 Å². The lowest BCUT2D eigenvalue weighted by molar-refractivity contribution is -0.164. The van der Waals surface area contributed by atoms with Gasteiger partial charge in [0.1, 0.15) is 0 Å². The van der Waals surface area contributed by atoms with Gasteiger partial charge in [0.15, 0.2) is 11.9 Å². The molecule has 0 aromatic heterocycles. The molecule has 1 N–H and O–H groups in total. The Balaban J connectivity index is 1.28. The van der Waals surface area contributed by atoms with Crippen LogP contribution in [-0.4, -0.2) is 32.8 Å². The van der Waals surface area contributed by atoms with Crippen LogP contribution in [0.3, 0.4) is 0 Å². The van der Waals surface area contributed by atoms with E-state index in [2.05, 4.69) is 4.72 Å². The number of nitrogens with one attached hydrogen (secondary N) is 1. The number of carbonyl (C=O) groups is 2. The van der Waals surface area contributed by atoms with Crippen LogP contribution >= 0.6 is 0 Å². The van der Waals surface area contributed by atoms with Gasteiger partial charge in [0.2, 0.25) is 10.0 Å². The molecule has 4 saturated carbocycles. The van der Waals surface area contributed by atoms with Crippen LogP contribution in [-0.2, 0) is 24.3 Å². The highest BCUT2D eigenvalue weighted by molar-refractivity contribution is 7.89. The molecule has 0 spiro atoms. The molecule has 0 amide bonds. The topological polar surface area (TPSA) is 89.5 Å². The lowest BCUT2D eigenvalue weighted by Gasteiger charge is -2.56. The minimum Gasteiger partial charge on any atom is -0.455 e. The molecule has 30 heavy (non-hydrogen) atoms. The zero-order valence-electron chi connectivity index (χ0n) is 17.7. The van der Waals surface area contributed by atoms with Crippen LogP contribution in [0.4, 0.5) is 0 Å². The van der Waals surface area contributed by atoms with Crippen LogP contribution in [0.5, 0.6) is 0 Å². The summed E-state index contributed by atoms with van der Waals surface area (Å²) in [5, 5.41) is 0. The summed E-state index contributed by atoms with van der Waals surface area (Å²) in [7, 11) is -3.67. The Labute approximate surface area is 178 Å². The van der Waals surface area contributed by atoms with Gasteiger partial charge >= 0.3 is 5.97 Å². The van der Waals surface area contributed by atoms with Gasteiger partial charge < -0.3 is 4.74 Å². The third-order valence-electron chi connectivity index (χ3n) is 7.19. The van der Waals surface area contributed by atoms with Crippen LogP contribution in [0.1, 0.15) is 57.4 Å². The fraction of sp³-hybridized carbons (Fsp3) is 0.652. The molecule has 0 aliphatic heterocycles. The van der Waals surface area contributed by atoms with Gasteiger partial charge in [-0.3, -0.25) is 9.59 Å². The summed E-state index contributed by atoms with van der Waals surface area (Å²) in [6.45, 7) is 3.48. The number of rotatable bonds is 8. The largest absolute Gasteiger partial charge is 0.455 e. The van der Waals surface area contributed by atoms with E-state index in [0.717, 1.165) is 24.8 Å². The van der Waals surface area contributed by atoms with Crippen LogP contribution in [0.15, 0.2) is 29.2 Å². The van der Waals surface area contributed by atoms with E-state index in [4.69, 9.17) is 4.74 Å². The van der Waals surface area contributed by atoms with Crippen LogP contribution in [0.25, 0.3) is 0 Å². The van der Waals surface area contributed by atoms with Crippen molar-refractivity contribution in [1.82, 2.24) is 4.72 Å². The molecule has 6 nitrogen and oxygen atoms in total. The molecule has 0 saturated heterocycles. The second-order valence-corrected chi connectivity index (χ2v) is 11.4. The number of aryl methyl sites for hydroxylation is 1. The normalized spacial score (nSPS) is 30.8. The third kappa shape index (κ3) is 4.33. The number of hydrogen-bond acceptors (Lipinski definition) is 5. The quantitative estimate of drug-likeness (QED) is 0.635. The molecule has 7 heteroatoms. The van der Waals surface area contributed by atoms with Crippen molar-refractivity contribution in [3.63, 3.8) is 0 Å². The fourth-order valence-corrected chi connectivity index (χ4v) is 7.27. The van der Waals surface area contributed by atoms with E-state index in [1.54, 1.807) is 19.1 Å². The van der Waals surface area contributed by atoms with E-state index >= 15 is 0 Å². The maximum Gasteiger partial charge on any atom is 0.307 e. The molecule has 1 atom stereocenters. The van der Waals surface area contributed by atoms with Crippen LogP contribution < -0.4 is 4.72 Å². The van der Waals surface area contributed by atoms with E-state index in [-0.39, 0.29) is 29.1 Å². The Morgan fingerprint density at radius 1 is 1.07 bits per heavy atom. The molecular weight excluding hydrogens is 402 g/mol. The Hall–Kier alpha value is -1.73. The molecule has 1 aromatic rings. The number of benzene rings is 1. The molecule has 0 heterocycles. The zero-order valence-corrected chi connectivity index (χ0v) is 18.5. The van der Waals surface area contributed by atoms with Crippen molar-refractivity contribution in [2.75, 3.05) is 6.54 Å². The molecule has 164 valence electrons. The molecule has 1 unspecified atom stereocenters. The van der Waals surface area contributed by atoms with Gasteiger partial charge in [0.05, 0.1) is 11.3 Å². The molecular formula is C23H31NO5S. The summed E-state index contributed by atoms with van der Waals surface area (Å²) < 4.78 is 32.4. The Morgan fingerprint density at radius 2 is 1.60 bits per heavy atom. The summed E-state index contributed by atoms with van der Waals surface area (Å²) in [5.41, 5.74) is 0.664. The summed E-state index contributed by atoms with van der Waals surface area (Å²) >= 11 is 0. The van der Waals surface area contributed by atoms with Crippen LogP contribution in [0.2, 0.25) is 0 Å². The number of Topliss-reactive ketones (excluding diaryl/α,β-unsaturated/α-hetero) is 1. The highest BCUT2D eigenvalue weighted by atomic mass is 32.2. The first kappa shape index (κ1) is 21.5. The van der Waals surface area contributed by atoms with Gasteiger partial charge in [0, 0.05) is 12.0 Å². The first-order chi connectivity index (χ1) is 14.2. The molecule has 4 bridgehead atoms. The monoisotopic (exact) mass is 433 g/mol. The van der Waals surface area contributed by atoms with Gasteiger partial charge in [-0.05, 0) is 82.3 Å². The van der Waals surface area contributed by atoms with Crippen molar-refractivity contribution in [2.24, 2.45) is 23.2 Å². The number of ketones is 1. The summed E-state index contributed by atoms with van der Waals surface area (Å²) in [4.78, 5) is 25.6.